The first-order valence-electron chi connectivity index (χ1n) is 12.2. The van der Waals surface area contributed by atoms with Gasteiger partial charge in [0, 0.05) is 33.8 Å². The lowest BCUT2D eigenvalue weighted by molar-refractivity contribution is 0.104. The maximum atomic E-state index is 12.9. The number of benzene rings is 3. The average molecular weight is 557 g/mol. The highest BCUT2D eigenvalue weighted by Crippen LogP contribution is 2.30. The minimum atomic E-state index is -0.198. The van der Waals surface area contributed by atoms with Crippen LogP contribution in [-0.4, -0.2) is 47.1 Å². The molecule has 0 saturated carbocycles. The zero-order valence-electron chi connectivity index (χ0n) is 22.0. The summed E-state index contributed by atoms with van der Waals surface area (Å²) < 4.78 is 23.7. The number of rotatable bonds is 10. The third-order valence-electron chi connectivity index (χ3n) is 6.15. The zero-order valence-corrected chi connectivity index (χ0v) is 22.8. The standard InChI is InChI=1S/C30H25ClN4O5/c1-37-23-8-4-19(29(16-23)38-2)5-10-27(36)20-6-11-28(30(14-20)39-3)40-18-22-17-35(34-33-22)26-12-13-32-25-15-21(31)7-9-24(25)26/h4-17H,18H2,1-3H3/b10-5+. The largest absolute Gasteiger partial charge is 0.497 e. The number of allylic oxidation sites excluding steroid dienone is 1. The van der Waals surface area contributed by atoms with Crippen molar-refractivity contribution in [2.75, 3.05) is 21.3 Å². The Morgan fingerprint density at radius 2 is 1.77 bits per heavy atom. The van der Waals surface area contributed by atoms with Crippen LogP contribution in [0.15, 0.2) is 79.1 Å². The van der Waals surface area contributed by atoms with Gasteiger partial charge in [-0.15, -0.1) is 5.10 Å². The minimum Gasteiger partial charge on any atom is -0.497 e. The number of pyridine rings is 1. The number of aromatic nitrogens is 4. The third-order valence-corrected chi connectivity index (χ3v) is 6.38. The molecule has 2 aromatic heterocycles. The van der Waals surface area contributed by atoms with Crippen LogP contribution >= 0.6 is 11.6 Å². The van der Waals surface area contributed by atoms with Crippen molar-refractivity contribution in [3.8, 4) is 28.7 Å². The monoisotopic (exact) mass is 556 g/mol. The molecule has 0 radical (unpaired) electrons. The fourth-order valence-electron chi connectivity index (χ4n) is 4.10. The molecule has 0 unspecified atom stereocenters. The number of halogens is 1. The van der Waals surface area contributed by atoms with Gasteiger partial charge in [0.1, 0.15) is 23.8 Å². The van der Waals surface area contributed by atoms with Crippen LogP contribution in [0.1, 0.15) is 21.6 Å². The summed E-state index contributed by atoms with van der Waals surface area (Å²) in [5.41, 5.74) is 3.39. The average Bonchev–Trinajstić information content (AvgIpc) is 3.47. The van der Waals surface area contributed by atoms with Crippen LogP contribution in [0.5, 0.6) is 23.0 Å². The topological polar surface area (TPSA) is 97.6 Å². The number of fused-ring (bicyclic) bond motifs is 1. The van der Waals surface area contributed by atoms with Gasteiger partial charge >= 0.3 is 0 Å². The lowest BCUT2D eigenvalue weighted by Gasteiger charge is -2.10. The zero-order chi connectivity index (χ0) is 28.1. The van der Waals surface area contributed by atoms with Gasteiger partial charge in [-0.3, -0.25) is 9.78 Å². The Kier molecular flexibility index (Phi) is 7.93. The molecule has 0 aliphatic carbocycles. The summed E-state index contributed by atoms with van der Waals surface area (Å²) in [4.78, 5) is 17.2. The van der Waals surface area contributed by atoms with E-state index in [1.807, 2.05) is 24.3 Å². The van der Waals surface area contributed by atoms with E-state index < -0.39 is 0 Å². The molecule has 0 bridgehead atoms. The highest BCUT2D eigenvalue weighted by Gasteiger charge is 2.13. The van der Waals surface area contributed by atoms with Gasteiger partial charge in [-0.1, -0.05) is 16.8 Å². The smallest absolute Gasteiger partial charge is 0.185 e. The molecule has 5 rings (SSSR count). The van der Waals surface area contributed by atoms with Crippen molar-refractivity contribution in [1.82, 2.24) is 20.0 Å². The van der Waals surface area contributed by atoms with E-state index in [-0.39, 0.29) is 12.4 Å². The molecule has 0 spiro atoms. The molecule has 0 fully saturated rings. The summed E-state index contributed by atoms with van der Waals surface area (Å²) in [6, 6.07) is 17.8. The van der Waals surface area contributed by atoms with Crippen molar-refractivity contribution in [2.45, 2.75) is 6.61 Å². The van der Waals surface area contributed by atoms with Gasteiger partial charge in [0.05, 0.1) is 38.7 Å². The Bertz CT molecular complexity index is 1720. The predicted molar refractivity (Wildman–Crippen MR) is 152 cm³/mol. The van der Waals surface area contributed by atoms with Crippen molar-refractivity contribution in [3.05, 3.63) is 101 Å². The molecule has 5 aromatic rings. The molecule has 3 aromatic carbocycles. The van der Waals surface area contributed by atoms with Crippen molar-refractivity contribution in [3.63, 3.8) is 0 Å². The predicted octanol–water partition coefficient (Wildman–Crippen LogP) is 5.97. The molecule has 40 heavy (non-hydrogen) atoms. The molecule has 9 nitrogen and oxygen atoms in total. The maximum Gasteiger partial charge on any atom is 0.185 e. The Morgan fingerprint density at radius 3 is 2.58 bits per heavy atom. The summed E-state index contributed by atoms with van der Waals surface area (Å²) >= 11 is 6.10. The van der Waals surface area contributed by atoms with E-state index in [1.165, 1.54) is 13.2 Å². The van der Waals surface area contributed by atoms with Gasteiger partial charge in [0.15, 0.2) is 17.3 Å². The number of ether oxygens (including phenoxy) is 4. The van der Waals surface area contributed by atoms with E-state index >= 15 is 0 Å². The second-order valence-corrected chi connectivity index (χ2v) is 9.04. The quantitative estimate of drug-likeness (QED) is 0.153. The Balaban J connectivity index is 1.28. The van der Waals surface area contributed by atoms with Gasteiger partial charge in [0.25, 0.3) is 0 Å². The van der Waals surface area contributed by atoms with Gasteiger partial charge in [-0.25, -0.2) is 4.68 Å². The molecular formula is C30H25ClN4O5. The summed E-state index contributed by atoms with van der Waals surface area (Å²) in [6.45, 7) is 0.148. The first kappa shape index (κ1) is 26.7. The number of hydrogen-bond donors (Lipinski definition) is 0. The van der Waals surface area contributed by atoms with E-state index in [9.17, 15) is 4.79 Å². The van der Waals surface area contributed by atoms with Gasteiger partial charge < -0.3 is 18.9 Å². The molecule has 0 N–H and O–H groups in total. The van der Waals surface area contributed by atoms with E-state index in [0.29, 0.717) is 39.3 Å². The number of carbonyl (C=O) groups is 1. The molecule has 0 aliphatic heterocycles. The highest BCUT2D eigenvalue weighted by molar-refractivity contribution is 6.31. The molecule has 0 saturated heterocycles. The van der Waals surface area contributed by atoms with Crippen LogP contribution in [0.3, 0.4) is 0 Å². The van der Waals surface area contributed by atoms with Crippen LogP contribution in [-0.2, 0) is 6.61 Å². The summed E-state index contributed by atoms with van der Waals surface area (Å²) in [5, 5.41) is 9.98. The van der Waals surface area contributed by atoms with Gasteiger partial charge in [-0.2, -0.15) is 0 Å². The SMILES string of the molecule is COc1ccc(/C=C/C(=O)c2ccc(OCc3cn(-c4ccnc5cc(Cl)ccc45)nn3)c(OC)c2)c(OC)c1. The van der Waals surface area contributed by atoms with Crippen molar-refractivity contribution < 1.29 is 23.7 Å². The summed E-state index contributed by atoms with van der Waals surface area (Å²) in [7, 11) is 4.67. The second-order valence-electron chi connectivity index (χ2n) is 8.61. The van der Waals surface area contributed by atoms with Gasteiger partial charge in [0.2, 0.25) is 0 Å². The maximum absolute atomic E-state index is 12.9. The lowest BCUT2D eigenvalue weighted by atomic mass is 10.1. The molecule has 0 atom stereocenters. The molecule has 10 heteroatoms. The van der Waals surface area contributed by atoms with Gasteiger partial charge in [-0.05, 0) is 66.7 Å². The number of ketones is 1. The fraction of sp³-hybridized carbons (Fsp3) is 0.133. The highest BCUT2D eigenvalue weighted by atomic mass is 35.5. The number of hydrogen-bond acceptors (Lipinski definition) is 8. The molecule has 0 aliphatic rings. The fourth-order valence-corrected chi connectivity index (χ4v) is 4.26. The Labute approximate surface area is 235 Å². The molecule has 202 valence electrons. The minimum absolute atomic E-state index is 0.148. The van der Waals surface area contributed by atoms with Crippen LogP contribution in [0.2, 0.25) is 5.02 Å². The molecular weight excluding hydrogens is 532 g/mol. The van der Waals surface area contributed by atoms with Crippen LogP contribution in [0.25, 0.3) is 22.7 Å². The first-order chi connectivity index (χ1) is 19.5. The van der Waals surface area contributed by atoms with E-state index in [1.54, 1.807) is 73.8 Å². The first-order valence-corrected chi connectivity index (χ1v) is 12.6. The van der Waals surface area contributed by atoms with E-state index in [4.69, 9.17) is 30.5 Å². The summed E-state index contributed by atoms with van der Waals surface area (Å²) in [6.07, 6.45) is 6.66. The Morgan fingerprint density at radius 1 is 0.925 bits per heavy atom. The van der Waals surface area contributed by atoms with Crippen LogP contribution in [0, 0.1) is 0 Å². The van der Waals surface area contributed by atoms with Crippen LogP contribution < -0.4 is 18.9 Å². The number of methoxy groups -OCH3 is 3. The Hall–Kier alpha value is -4.89. The van der Waals surface area contributed by atoms with Crippen LogP contribution in [0.4, 0.5) is 0 Å². The van der Waals surface area contributed by atoms with Crippen molar-refractivity contribution >= 4 is 34.4 Å². The lowest BCUT2D eigenvalue weighted by Crippen LogP contribution is -2.01. The van der Waals surface area contributed by atoms with E-state index in [0.717, 1.165) is 22.2 Å². The summed E-state index contributed by atoms with van der Waals surface area (Å²) in [5.74, 6) is 1.96. The van der Waals surface area contributed by atoms with Crippen molar-refractivity contribution in [2.24, 2.45) is 0 Å². The molecule has 0 amide bonds. The number of carbonyl (C=O) groups excluding carboxylic acids is 1. The molecule has 2 heterocycles. The second kappa shape index (κ2) is 11.9. The van der Waals surface area contributed by atoms with E-state index in [2.05, 4.69) is 15.3 Å². The number of nitrogens with zero attached hydrogens (tertiary/aromatic N) is 4. The third kappa shape index (κ3) is 5.74. The van der Waals surface area contributed by atoms with Crippen molar-refractivity contribution in [1.29, 1.82) is 0 Å². The normalized spacial score (nSPS) is 11.1.